The Morgan fingerprint density at radius 1 is 0.451 bits per heavy atom. The Morgan fingerprint density at radius 2 is 0.686 bits per heavy atom. The molecule has 4 nitrogen and oxygen atoms in total. The van der Waals surface area contributed by atoms with Crippen LogP contribution in [0.5, 0.6) is 0 Å². The molecular weight excluding hydrogens is 718 g/mol. The summed E-state index contributed by atoms with van der Waals surface area (Å²) < 4.78 is 0. The molecule has 0 amide bonds. The van der Waals surface area contributed by atoms with E-state index in [0.29, 0.717) is 57.4 Å². The van der Waals surface area contributed by atoms with Gasteiger partial charge in [0.05, 0.1) is 0 Å². The van der Waals surface area contributed by atoms with Crippen LogP contribution in [0.3, 0.4) is 0 Å². The van der Waals surface area contributed by atoms with Crippen molar-refractivity contribution in [2.45, 2.75) is 38.5 Å². The Labute approximate surface area is 319 Å². The lowest BCUT2D eigenvalue weighted by atomic mass is 9.76. The molecule has 6 rings (SSSR count). The largest absolute Gasteiger partial charge is 0.480 e. The number of carboxylic acids is 1. The van der Waals surface area contributed by atoms with Crippen molar-refractivity contribution in [3.05, 3.63) is 199 Å². The number of anilines is 2. The maximum absolute atomic E-state index is 13.1. The van der Waals surface area contributed by atoms with E-state index in [2.05, 4.69) is 9.80 Å². The zero-order valence-corrected chi connectivity index (χ0v) is 31.0. The van der Waals surface area contributed by atoms with Gasteiger partial charge in [-0.25, -0.2) is 0 Å². The molecule has 6 aromatic carbocycles. The fraction of sp³-hybridized carbons (Fsp3) is 0.140. The molecule has 0 spiro atoms. The van der Waals surface area contributed by atoms with Gasteiger partial charge in [-0.05, 0) is 113 Å². The van der Waals surface area contributed by atoms with Crippen LogP contribution >= 0.6 is 46.4 Å². The fourth-order valence-corrected chi connectivity index (χ4v) is 6.65. The van der Waals surface area contributed by atoms with Gasteiger partial charge in [-0.1, -0.05) is 119 Å². The SMILES string of the molecule is CC(C(=O)O)(c1ccc(N(Cc2ccc(Cl)cc2)Cc2ccc(Cl)cc2)cc1)c1ccc(N(Cc2ccc(Cl)cc2)Cc2ccc(Cl)cc2)cc1. The first-order valence-electron chi connectivity index (χ1n) is 16.5. The lowest BCUT2D eigenvalue weighted by molar-refractivity contribution is -0.141. The summed E-state index contributed by atoms with van der Waals surface area (Å²) in [6.07, 6.45) is 0. The van der Waals surface area contributed by atoms with Crippen molar-refractivity contribution >= 4 is 63.7 Å². The minimum Gasteiger partial charge on any atom is -0.480 e. The van der Waals surface area contributed by atoms with Gasteiger partial charge in [0.1, 0.15) is 5.41 Å². The summed E-state index contributed by atoms with van der Waals surface area (Å²) >= 11 is 24.6. The van der Waals surface area contributed by atoms with Gasteiger partial charge in [-0.3, -0.25) is 4.79 Å². The number of aliphatic carboxylic acids is 1. The van der Waals surface area contributed by atoms with Gasteiger partial charge >= 0.3 is 5.97 Å². The topological polar surface area (TPSA) is 43.8 Å². The normalized spacial score (nSPS) is 11.3. The zero-order valence-electron chi connectivity index (χ0n) is 27.9. The Kier molecular flexibility index (Phi) is 11.6. The number of halogens is 4. The fourth-order valence-electron chi connectivity index (χ4n) is 6.14. The zero-order chi connectivity index (χ0) is 36.0. The number of nitrogens with zero attached hydrogens (tertiary/aromatic N) is 2. The summed E-state index contributed by atoms with van der Waals surface area (Å²) in [6, 6.07) is 46.9. The van der Waals surface area contributed by atoms with E-state index in [1.54, 1.807) is 6.92 Å². The average molecular weight is 755 g/mol. The van der Waals surface area contributed by atoms with Crippen molar-refractivity contribution in [3.8, 4) is 0 Å². The number of hydrogen-bond acceptors (Lipinski definition) is 3. The van der Waals surface area contributed by atoms with Crippen LogP contribution in [0.15, 0.2) is 146 Å². The van der Waals surface area contributed by atoms with Crippen LogP contribution in [0.1, 0.15) is 40.3 Å². The van der Waals surface area contributed by atoms with Gasteiger partial charge in [-0.15, -0.1) is 0 Å². The molecule has 0 fully saturated rings. The molecule has 0 radical (unpaired) electrons. The third-order valence-corrected chi connectivity index (χ3v) is 10.2. The molecule has 0 aliphatic heterocycles. The predicted octanol–water partition coefficient (Wildman–Crippen LogP) is 12.1. The maximum Gasteiger partial charge on any atom is 0.318 e. The van der Waals surface area contributed by atoms with E-state index in [-0.39, 0.29) is 0 Å². The first kappa shape index (κ1) is 36.3. The molecule has 1 N–H and O–H groups in total. The number of benzene rings is 6. The molecule has 8 heteroatoms. The Morgan fingerprint density at radius 3 is 0.902 bits per heavy atom. The van der Waals surface area contributed by atoms with E-state index in [1.165, 1.54) is 0 Å². The van der Waals surface area contributed by atoms with Gasteiger partial charge < -0.3 is 14.9 Å². The Hall–Kier alpha value is -4.45. The van der Waals surface area contributed by atoms with Gasteiger partial charge in [0.15, 0.2) is 0 Å². The molecule has 51 heavy (non-hydrogen) atoms. The standard InChI is InChI=1S/C43H36Cl4N2O2/c1-43(42(50)51,34-10-22-40(23-11-34)48(26-30-2-14-36(44)15-3-30)27-31-4-16-37(45)17-5-31)35-12-24-41(25-13-35)49(28-32-6-18-38(46)19-7-32)29-33-8-20-39(47)21-9-33/h2-25H,26-29H2,1H3,(H,50,51). The van der Waals surface area contributed by atoms with Crippen LogP contribution in [0.2, 0.25) is 20.1 Å². The average Bonchev–Trinajstić information content (AvgIpc) is 3.14. The van der Waals surface area contributed by atoms with Crippen molar-refractivity contribution < 1.29 is 9.90 Å². The molecule has 0 heterocycles. The Balaban J connectivity index is 1.28. The molecular formula is C43H36Cl4N2O2. The van der Waals surface area contributed by atoms with E-state index < -0.39 is 11.4 Å². The Bertz CT molecular complexity index is 1810. The van der Waals surface area contributed by atoms with Crippen LogP contribution in [-0.2, 0) is 36.4 Å². The van der Waals surface area contributed by atoms with Crippen LogP contribution in [-0.4, -0.2) is 11.1 Å². The lowest BCUT2D eigenvalue weighted by Gasteiger charge is -2.30. The molecule has 0 bridgehead atoms. The first-order chi connectivity index (χ1) is 24.6. The van der Waals surface area contributed by atoms with E-state index in [4.69, 9.17) is 46.4 Å². The monoisotopic (exact) mass is 752 g/mol. The van der Waals surface area contributed by atoms with Crippen molar-refractivity contribution in [3.63, 3.8) is 0 Å². The molecule has 0 aromatic heterocycles. The van der Waals surface area contributed by atoms with Crippen molar-refractivity contribution in [2.24, 2.45) is 0 Å². The van der Waals surface area contributed by atoms with E-state index >= 15 is 0 Å². The second-order valence-electron chi connectivity index (χ2n) is 12.7. The summed E-state index contributed by atoms with van der Waals surface area (Å²) in [7, 11) is 0. The van der Waals surface area contributed by atoms with Crippen molar-refractivity contribution in [2.75, 3.05) is 9.80 Å². The van der Waals surface area contributed by atoms with Gasteiger partial charge in [-0.2, -0.15) is 0 Å². The van der Waals surface area contributed by atoms with Crippen LogP contribution in [0.25, 0.3) is 0 Å². The predicted molar refractivity (Wildman–Crippen MR) is 213 cm³/mol. The highest BCUT2D eigenvalue weighted by atomic mass is 35.5. The molecule has 0 atom stereocenters. The summed E-state index contributed by atoms with van der Waals surface area (Å²) in [5, 5.41) is 13.4. The first-order valence-corrected chi connectivity index (χ1v) is 18.0. The van der Waals surface area contributed by atoms with E-state index in [9.17, 15) is 9.90 Å². The summed E-state index contributed by atoms with van der Waals surface area (Å²) in [4.78, 5) is 17.6. The van der Waals surface area contributed by atoms with Crippen LogP contribution < -0.4 is 9.80 Å². The van der Waals surface area contributed by atoms with Gasteiger partial charge in [0, 0.05) is 57.6 Å². The molecule has 0 unspecified atom stereocenters. The minimum atomic E-state index is -1.29. The highest BCUT2D eigenvalue weighted by Gasteiger charge is 2.37. The second-order valence-corrected chi connectivity index (χ2v) is 14.5. The molecule has 0 saturated heterocycles. The molecule has 0 aliphatic carbocycles. The highest BCUT2D eigenvalue weighted by Crippen LogP contribution is 2.36. The van der Waals surface area contributed by atoms with Gasteiger partial charge in [0.25, 0.3) is 0 Å². The van der Waals surface area contributed by atoms with Gasteiger partial charge in [0.2, 0.25) is 0 Å². The minimum absolute atomic E-state index is 0.638. The number of hydrogen-bond donors (Lipinski definition) is 1. The van der Waals surface area contributed by atoms with Crippen molar-refractivity contribution in [1.29, 1.82) is 0 Å². The summed E-state index contributed by atoms with van der Waals surface area (Å²) in [6.45, 7) is 4.31. The molecule has 0 saturated carbocycles. The summed E-state index contributed by atoms with van der Waals surface area (Å²) in [5.74, 6) is -0.929. The third-order valence-electron chi connectivity index (χ3n) is 9.19. The van der Waals surface area contributed by atoms with Crippen LogP contribution in [0, 0.1) is 0 Å². The maximum atomic E-state index is 13.1. The number of carbonyl (C=O) groups is 1. The number of carboxylic acid groups (broad SMARTS) is 1. The smallest absolute Gasteiger partial charge is 0.318 e. The van der Waals surface area contributed by atoms with Crippen LogP contribution in [0.4, 0.5) is 11.4 Å². The second kappa shape index (κ2) is 16.3. The summed E-state index contributed by atoms with van der Waals surface area (Å²) in [5.41, 5.74) is 6.43. The quantitative estimate of drug-likeness (QED) is 0.128. The molecule has 6 aromatic rings. The van der Waals surface area contributed by atoms with E-state index in [0.717, 1.165) is 33.6 Å². The highest BCUT2D eigenvalue weighted by molar-refractivity contribution is 6.31. The lowest BCUT2D eigenvalue weighted by Crippen LogP contribution is -2.34. The van der Waals surface area contributed by atoms with Crippen molar-refractivity contribution in [1.82, 2.24) is 0 Å². The molecule has 258 valence electrons. The number of rotatable bonds is 13. The van der Waals surface area contributed by atoms with E-state index in [1.807, 2.05) is 146 Å². The third kappa shape index (κ3) is 9.08. The molecule has 0 aliphatic rings.